The average molecular weight is 376 g/mol. The lowest BCUT2D eigenvalue weighted by Crippen LogP contribution is -2.33. The summed E-state index contributed by atoms with van der Waals surface area (Å²) in [6, 6.07) is 3.53. The predicted molar refractivity (Wildman–Crippen MR) is 90.7 cm³/mol. The molecule has 9 heteroatoms. The van der Waals surface area contributed by atoms with Crippen molar-refractivity contribution in [2.24, 2.45) is 0 Å². The van der Waals surface area contributed by atoms with Gasteiger partial charge in [-0.25, -0.2) is 15.0 Å². The fraction of sp³-hybridized carbons (Fsp3) is 0.222. The smallest absolute Gasteiger partial charge is 0.435 e. The maximum absolute atomic E-state index is 12.5. The van der Waals surface area contributed by atoms with E-state index in [1.54, 1.807) is 17.0 Å². The van der Waals surface area contributed by atoms with Crippen LogP contribution in [0.4, 0.5) is 13.2 Å². The van der Waals surface area contributed by atoms with Crippen LogP contribution in [-0.4, -0.2) is 38.8 Å². The van der Waals surface area contributed by atoms with Crippen LogP contribution < -0.4 is 4.74 Å². The summed E-state index contributed by atoms with van der Waals surface area (Å²) in [6.07, 6.45) is 2.55. The van der Waals surface area contributed by atoms with E-state index in [0.29, 0.717) is 25.1 Å². The fourth-order valence-corrected chi connectivity index (χ4v) is 2.59. The molecule has 0 saturated carbocycles. The summed E-state index contributed by atoms with van der Waals surface area (Å²) in [4.78, 5) is 24.0. The Kier molecular flexibility index (Phi) is 5.20. The summed E-state index contributed by atoms with van der Waals surface area (Å²) < 4.78 is 43.2. The van der Waals surface area contributed by atoms with Crippen molar-refractivity contribution in [3.63, 3.8) is 0 Å². The summed E-state index contributed by atoms with van der Waals surface area (Å²) in [5.41, 5.74) is 1.63. The SMILES string of the molecule is C=CC(=O)N1CC=C(c2cccnc2Oc2cnc(C(F)(F)F)nc2)CC1. The van der Waals surface area contributed by atoms with Gasteiger partial charge in [-0.1, -0.05) is 12.7 Å². The van der Waals surface area contributed by atoms with Crippen LogP contribution in [0.3, 0.4) is 0 Å². The van der Waals surface area contributed by atoms with Crippen molar-refractivity contribution in [1.29, 1.82) is 0 Å². The zero-order chi connectivity index (χ0) is 19.4. The van der Waals surface area contributed by atoms with Crippen LogP contribution >= 0.6 is 0 Å². The number of hydrogen-bond donors (Lipinski definition) is 0. The number of hydrogen-bond acceptors (Lipinski definition) is 5. The molecule has 140 valence electrons. The van der Waals surface area contributed by atoms with E-state index in [1.165, 1.54) is 12.3 Å². The molecule has 0 spiro atoms. The van der Waals surface area contributed by atoms with E-state index in [4.69, 9.17) is 4.74 Å². The minimum absolute atomic E-state index is 0.0443. The van der Waals surface area contributed by atoms with Crippen LogP contribution in [-0.2, 0) is 11.0 Å². The van der Waals surface area contributed by atoms with E-state index >= 15 is 0 Å². The Morgan fingerprint density at radius 2 is 2.00 bits per heavy atom. The zero-order valence-electron chi connectivity index (χ0n) is 14.1. The van der Waals surface area contributed by atoms with Crippen LogP contribution in [0.5, 0.6) is 11.6 Å². The van der Waals surface area contributed by atoms with E-state index in [9.17, 15) is 18.0 Å². The average Bonchev–Trinajstić information content (AvgIpc) is 2.68. The number of ether oxygens (including phenoxy) is 1. The Hall–Kier alpha value is -3.23. The third-order valence-electron chi connectivity index (χ3n) is 3.91. The van der Waals surface area contributed by atoms with Crippen LogP contribution in [0.1, 0.15) is 17.8 Å². The minimum atomic E-state index is -4.61. The van der Waals surface area contributed by atoms with E-state index in [-0.39, 0.29) is 17.5 Å². The molecule has 3 rings (SSSR count). The standard InChI is InChI=1S/C18H15F3N4O2/c1-2-15(26)25-8-5-12(6-9-25)14-4-3-7-22-16(14)27-13-10-23-17(24-11-13)18(19,20)21/h2-5,7,10-11H,1,6,8-9H2. The lowest BCUT2D eigenvalue weighted by atomic mass is 10.0. The molecular formula is C18H15F3N4O2. The van der Waals surface area contributed by atoms with Crippen molar-refractivity contribution < 1.29 is 22.7 Å². The number of alkyl halides is 3. The van der Waals surface area contributed by atoms with Gasteiger partial charge in [0.15, 0.2) is 5.75 Å². The monoisotopic (exact) mass is 376 g/mol. The molecule has 1 aliphatic rings. The largest absolute Gasteiger partial charge is 0.451 e. The molecule has 1 aliphatic heterocycles. The van der Waals surface area contributed by atoms with E-state index < -0.39 is 12.0 Å². The molecule has 0 radical (unpaired) electrons. The summed E-state index contributed by atoms with van der Waals surface area (Å²) in [5, 5.41) is 0. The highest BCUT2D eigenvalue weighted by molar-refractivity contribution is 5.88. The molecule has 0 atom stereocenters. The van der Waals surface area contributed by atoms with Gasteiger partial charge in [-0.3, -0.25) is 4.79 Å². The van der Waals surface area contributed by atoms with E-state index in [1.807, 2.05) is 6.08 Å². The fourth-order valence-electron chi connectivity index (χ4n) is 2.59. The molecule has 1 amide bonds. The molecule has 27 heavy (non-hydrogen) atoms. The van der Waals surface area contributed by atoms with Gasteiger partial charge in [0, 0.05) is 24.8 Å². The highest BCUT2D eigenvalue weighted by atomic mass is 19.4. The Balaban J connectivity index is 1.80. The first-order valence-corrected chi connectivity index (χ1v) is 8.01. The molecule has 0 saturated heterocycles. The van der Waals surface area contributed by atoms with Gasteiger partial charge in [0.25, 0.3) is 0 Å². The third kappa shape index (κ3) is 4.30. The molecule has 2 aromatic heterocycles. The Labute approximate surface area is 153 Å². The van der Waals surface area contributed by atoms with E-state index in [0.717, 1.165) is 18.0 Å². The summed E-state index contributed by atoms with van der Waals surface area (Å²) >= 11 is 0. The molecule has 2 aromatic rings. The highest BCUT2D eigenvalue weighted by Crippen LogP contribution is 2.32. The van der Waals surface area contributed by atoms with Crippen molar-refractivity contribution in [1.82, 2.24) is 19.9 Å². The maximum Gasteiger partial charge on any atom is 0.451 e. The van der Waals surface area contributed by atoms with Crippen molar-refractivity contribution in [2.45, 2.75) is 12.6 Å². The normalized spacial score (nSPS) is 14.5. The number of carbonyl (C=O) groups is 1. The molecule has 0 unspecified atom stereocenters. The van der Waals surface area contributed by atoms with E-state index in [2.05, 4.69) is 21.5 Å². The van der Waals surface area contributed by atoms with Crippen LogP contribution in [0.25, 0.3) is 5.57 Å². The van der Waals surface area contributed by atoms with Gasteiger partial charge in [-0.05, 0) is 30.2 Å². The second-order valence-electron chi connectivity index (χ2n) is 5.67. The zero-order valence-corrected chi connectivity index (χ0v) is 14.1. The molecule has 6 nitrogen and oxygen atoms in total. The summed E-state index contributed by atoms with van der Waals surface area (Å²) in [7, 11) is 0. The van der Waals surface area contributed by atoms with Crippen LogP contribution in [0.2, 0.25) is 0 Å². The number of nitrogens with zero attached hydrogens (tertiary/aromatic N) is 4. The first kappa shape index (κ1) is 18.6. The summed E-state index contributed by atoms with van der Waals surface area (Å²) in [5.74, 6) is -1.11. The third-order valence-corrected chi connectivity index (χ3v) is 3.91. The first-order chi connectivity index (χ1) is 12.9. The number of pyridine rings is 1. The topological polar surface area (TPSA) is 68.2 Å². The van der Waals surface area contributed by atoms with Gasteiger partial charge in [-0.15, -0.1) is 0 Å². The lowest BCUT2D eigenvalue weighted by Gasteiger charge is -2.26. The molecule has 0 N–H and O–H groups in total. The molecule has 0 bridgehead atoms. The van der Waals surface area contributed by atoms with Crippen molar-refractivity contribution in [3.05, 3.63) is 60.8 Å². The number of carbonyl (C=O) groups excluding carboxylic acids is 1. The van der Waals surface area contributed by atoms with Crippen molar-refractivity contribution >= 4 is 11.5 Å². The molecule has 3 heterocycles. The first-order valence-electron chi connectivity index (χ1n) is 8.01. The molecule has 0 aromatic carbocycles. The second kappa shape index (κ2) is 7.56. The van der Waals surface area contributed by atoms with Crippen LogP contribution in [0.15, 0.2) is 49.5 Å². The Bertz CT molecular complexity index is 879. The number of halogens is 3. The minimum Gasteiger partial charge on any atom is -0.435 e. The van der Waals surface area contributed by atoms with Gasteiger partial charge < -0.3 is 9.64 Å². The number of rotatable bonds is 4. The Morgan fingerprint density at radius 3 is 2.59 bits per heavy atom. The van der Waals surface area contributed by atoms with Crippen molar-refractivity contribution in [3.8, 4) is 11.6 Å². The van der Waals surface area contributed by atoms with Gasteiger partial charge in [0.05, 0.1) is 12.4 Å². The van der Waals surface area contributed by atoms with Gasteiger partial charge in [-0.2, -0.15) is 13.2 Å². The number of amides is 1. The summed E-state index contributed by atoms with van der Waals surface area (Å²) in [6.45, 7) is 4.42. The van der Waals surface area contributed by atoms with Crippen LogP contribution in [0, 0.1) is 0 Å². The molecule has 0 fully saturated rings. The molecule has 0 aliphatic carbocycles. The maximum atomic E-state index is 12.5. The van der Waals surface area contributed by atoms with Gasteiger partial charge in [0.1, 0.15) is 0 Å². The predicted octanol–water partition coefficient (Wildman–Crippen LogP) is 3.48. The Morgan fingerprint density at radius 1 is 1.26 bits per heavy atom. The van der Waals surface area contributed by atoms with Crippen molar-refractivity contribution in [2.75, 3.05) is 13.1 Å². The molecular weight excluding hydrogens is 361 g/mol. The quantitative estimate of drug-likeness (QED) is 0.764. The van der Waals surface area contributed by atoms with Gasteiger partial charge >= 0.3 is 6.18 Å². The number of aromatic nitrogens is 3. The lowest BCUT2D eigenvalue weighted by molar-refractivity contribution is -0.145. The highest BCUT2D eigenvalue weighted by Gasteiger charge is 2.34. The second-order valence-corrected chi connectivity index (χ2v) is 5.67. The van der Waals surface area contributed by atoms with Gasteiger partial charge in [0.2, 0.25) is 17.6 Å².